The number of unbranched alkanes of at least 4 members (excludes halogenated alkanes) is 7. The van der Waals surface area contributed by atoms with E-state index in [-0.39, 0.29) is 11.6 Å². The van der Waals surface area contributed by atoms with Crippen molar-refractivity contribution in [3.8, 4) is 11.5 Å². The Morgan fingerprint density at radius 1 is 0.457 bits per heavy atom. The summed E-state index contributed by atoms with van der Waals surface area (Å²) in [6.45, 7) is 1.42. The molecule has 4 rings (SSSR count). The van der Waals surface area contributed by atoms with E-state index in [0.29, 0.717) is 34.4 Å². The molecule has 46 heavy (non-hydrogen) atoms. The van der Waals surface area contributed by atoms with Gasteiger partial charge >= 0.3 is 0 Å². The van der Waals surface area contributed by atoms with Crippen LogP contribution in [0.5, 0.6) is 11.5 Å². The Labute approximate surface area is 282 Å². The molecular formula is C40H40Cl2O4. The van der Waals surface area contributed by atoms with E-state index < -0.39 is 0 Å². The Morgan fingerprint density at radius 3 is 1.13 bits per heavy atom. The molecule has 0 saturated carbocycles. The van der Waals surface area contributed by atoms with E-state index in [2.05, 4.69) is 0 Å². The monoisotopic (exact) mass is 654 g/mol. The lowest BCUT2D eigenvalue weighted by molar-refractivity contribution is 0.103. The number of carbonyl (C=O) groups excluding carboxylic acids is 2. The van der Waals surface area contributed by atoms with Gasteiger partial charge in [-0.05, 0) is 109 Å². The van der Waals surface area contributed by atoms with Crippen molar-refractivity contribution in [2.75, 3.05) is 13.2 Å². The van der Waals surface area contributed by atoms with E-state index in [4.69, 9.17) is 32.7 Å². The zero-order valence-corrected chi connectivity index (χ0v) is 27.5. The van der Waals surface area contributed by atoms with Gasteiger partial charge in [-0.3, -0.25) is 9.59 Å². The zero-order valence-electron chi connectivity index (χ0n) is 26.0. The summed E-state index contributed by atoms with van der Waals surface area (Å²) in [5.41, 5.74) is 3.12. The minimum absolute atomic E-state index is 0.0545. The van der Waals surface area contributed by atoms with Crippen molar-refractivity contribution in [1.82, 2.24) is 0 Å². The molecule has 4 aromatic rings. The van der Waals surface area contributed by atoms with Crippen molar-refractivity contribution in [3.05, 3.63) is 142 Å². The molecule has 0 bridgehead atoms. The minimum Gasteiger partial charge on any atom is -0.494 e. The third-order valence-corrected chi connectivity index (χ3v) is 7.95. The molecule has 0 aliphatic carbocycles. The van der Waals surface area contributed by atoms with Crippen LogP contribution in [0.4, 0.5) is 0 Å². The zero-order chi connectivity index (χ0) is 32.4. The van der Waals surface area contributed by atoms with Crippen LogP contribution in [0.15, 0.2) is 109 Å². The molecule has 0 aromatic heterocycles. The number of ketones is 2. The minimum atomic E-state index is -0.0545. The molecule has 4 nitrogen and oxygen atoms in total. The summed E-state index contributed by atoms with van der Waals surface area (Å²) in [6.07, 6.45) is 16.1. The molecule has 0 heterocycles. The Kier molecular flexibility index (Phi) is 14.7. The van der Waals surface area contributed by atoms with Crippen LogP contribution in [0.1, 0.15) is 83.2 Å². The van der Waals surface area contributed by atoms with Crippen LogP contribution in [-0.2, 0) is 0 Å². The predicted octanol–water partition coefficient (Wildman–Crippen LogP) is 11.4. The summed E-state index contributed by atoms with van der Waals surface area (Å²) in [7, 11) is 0. The van der Waals surface area contributed by atoms with E-state index in [1.807, 2.05) is 60.7 Å². The number of benzene rings is 4. The highest BCUT2D eigenvalue weighted by Crippen LogP contribution is 2.18. The maximum absolute atomic E-state index is 12.3. The van der Waals surface area contributed by atoms with Crippen LogP contribution in [0.2, 0.25) is 10.0 Å². The van der Waals surface area contributed by atoms with Gasteiger partial charge in [0.05, 0.1) is 13.2 Å². The fourth-order valence-electron chi connectivity index (χ4n) is 4.76. The molecule has 238 valence electrons. The van der Waals surface area contributed by atoms with Crippen LogP contribution in [-0.4, -0.2) is 24.8 Å². The average molecular weight is 656 g/mol. The second-order valence-corrected chi connectivity index (χ2v) is 11.9. The van der Waals surface area contributed by atoms with Gasteiger partial charge in [0.1, 0.15) is 11.5 Å². The fraction of sp³-hybridized carbons (Fsp3) is 0.250. The smallest absolute Gasteiger partial charge is 0.185 e. The van der Waals surface area contributed by atoms with Crippen LogP contribution in [0.25, 0.3) is 12.2 Å². The van der Waals surface area contributed by atoms with E-state index >= 15 is 0 Å². The van der Waals surface area contributed by atoms with Crippen molar-refractivity contribution in [1.29, 1.82) is 0 Å². The van der Waals surface area contributed by atoms with Gasteiger partial charge in [0.15, 0.2) is 11.6 Å². The molecule has 0 spiro atoms. The Bertz CT molecular complexity index is 1440. The number of carbonyl (C=O) groups is 2. The van der Waals surface area contributed by atoms with Gasteiger partial charge in [0, 0.05) is 21.2 Å². The molecule has 0 atom stereocenters. The van der Waals surface area contributed by atoms with Gasteiger partial charge in [-0.1, -0.05) is 98.1 Å². The number of allylic oxidation sites excluding steroid dienone is 2. The highest BCUT2D eigenvalue weighted by Gasteiger charge is 2.03. The fourth-order valence-corrected chi connectivity index (χ4v) is 5.01. The molecule has 0 amide bonds. The molecule has 0 unspecified atom stereocenters. The summed E-state index contributed by atoms with van der Waals surface area (Å²) >= 11 is 11.8. The van der Waals surface area contributed by atoms with E-state index in [9.17, 15) is 9.59 Å². The molecule has 0 fully saturated rings. The summed E-state index contributed by atoms with van der Waals surface area (Å²) in [4.78, 5) is 24.5. The molecule has 0 saturated heterocycles. The second kappa shape index (κ2) is 19.4. The molecule has 0 aliphatic rings. The first-order valence-electron chi connectivity index (χ1n) is 15.9. The van der Waals surface area contributed by atoms with Crippen LogP contribution in [0, 0.1) is 0 Å². The molecule has 6 heteroatoms. The normalized spacial score (nSPS) is 11.3. The predicted molar refractivity (Wildman–Crippen MR) is 190 cm³/mol. The number of halogens is 2. The molecule has 0 radical (unpaired) electrons. The first-order valence-corrected chi connectivity index (χ1v) is 16.6. The van der Waals surface area contributed by atoms with Gasteiger partial charge in [0.25, 0.3) is 0 Å². The van der Waals surface area contributed by atoms with E-state index in [1.54, 1.807) is 60.7 Å². The van der Waals surface area contributed by atoms with Crippen LogP contribution in [0.3, 0.4) is 0 Å². The Morgan fingerprint density at radius 2 is 0.783 bits per heavy atom. The van der Waals surface area contributed by atoms with E-state index in [0.717, 1.165) is 48.3 Å². The summed E-state index contributed by atoms with van der Waals surface area (Å²) in [5, 5.41) is 1.23. The molecular weight excluding hydrogens is 615 g/mol. The topological polar surface area (TPSA) is 52.6 Å². The Balaban J connectivity index is 0.979. The number of hydrogen-bond donors (Lipinski definition) is 0. The van der Waals surface area contributed by atoms with Crippen molar-refractivity contribution in [3.63, 3.8) is 0 Å². The highest BCUT2D eigenvalue weighted by molar-refractivity contribution is 6.31. The van der Waals surface area contributed by atoms with Gasteiger partial charge < -0.3 is 9.47 Å². The van der Waals surface area contributed by atoms with Gasteiger partial charge in [-0.2, -0.15) is 0 Å². The van der Waals surface area contributed by atoms with Crippen LogP contribution >= 0.6 is 23.2 Å². The first kappa shape index (κ1) is 34.7. The standard InChI is InChI=1S/C40H40Cl2O4/c41-35-19-15-33(16-20-35)39(43)27-13-31-9-23-37(24-10-31)45-29-7-5-3-1-2-4-6-8-30-46-38-25-11-32(12-26-38)14-28-40(44)34-17-21-36(42)22-18-34/h9-28H,1-8,29-30H2/b27-13+,28-14+. The van der Waals surface area contributed by atoms with Crippen molar-refractivity contribution < 1.29 is 19.1 Å². The molecule has 4 aromatic carbocycles. The van der Waals surface area contributed by atoms with Gasteiger partial charge in [0.2, 0.25) is 0 Å². The molecule has 0 aliphatic heterocycles. The van der Waals surface area contributed by atoms with E-state index in [1.165, 1.54) is 25.7 Å². The third-order valence-electron chi connectivity index (χ3n) is 7.45. The van der Waals surface area contributed by atoms with Crippen molar-refractivity contribution in [2.45, 2.75) is 51.4 Å². The lowest BCUT2D eigenvalue weighted by Crippen LogP contribution is -1.98. The number of rotatable bonds is 19. The van der Waals surface area contributed by atoms with Crippen molar-refractivity contribution >= 4 is 46.9 Å². The number of ether oxygens (including phenoxy) is 2. The Hall–Kier alpha value is -4.12. The highest BCUT2D eigenvalue weighted by atomic mass is 35.5. The summed E-state index contributed by atoms with van der Waals surface area (Å²) in [5.74, 6) is 1.58. The summed E-state index contributed by atoms with van der Waals surface area (Å²) < 4.78 is 11.8. The quantitative estimate of drug-likeness (QED) is 0.0573. The second-order valence-electron chi connectivity index (χ2n) is 11.1. The lowest BCUT2D eigenvalue weighted by atomic mass is 10.1. The first-order chi connectivity index (χ1) is 22.5. The SMILES string of the molecule is O=C(/C=C/c1ccc(OCCCCCCCCCCOc2ccc(/C=C/C(=O)c3ccc(Cl)cc3)cc2)cc1)c1ccc(Cl)cc1. The van der Waals surface area contributed by atoms with Crippen molar-refractivity contribution in [2.24, 2.45) is 0 Å². The van der Waals surface area contributed by atoms with Gasteiger partial charge in [-0.25, -0.2) is 0 Å². The maximum Gasteiger partial charge on any atom is 0.185 e. The third kappa shape index (κ3) is 12.7. The van der Waals surface area contributed by atoms with Gasteiger partial charge in [-0.15, -0.1) is 0 Å². The average Bonchev–Trinajstić information content (AvgIpc) is 3.08. The lowest BCUT2D eigenvalue weighted by Gasteiger charge is -2.07. The molecule has 0 N–H and O–H groups in total. The maximum atomic E-state index is 12.3. The largest absolute Gasteiger partial charge is 0.494 e. The number of hydrogen-bond acceptors (Lipinski definition) is 4. The van der Waals surface area contributed by atoms with Crippen LogP contribution < -0.4 is 9.47 Å². The summed E-state index contributed by atoms with van der Waals surface area (Å²) in [6, 6.07) is 29.4.